The second-order valence-electron chi connectivity index (χ2n) is 9.59. The molecular formula is C27H35N5O6S. The van der Waals surface area contributed by atoms with Crippen LogP contribution < -0.4 is 14.8 Å². The third-order valence-corrected chi connectivity index (χ3v) is 8.67. The summed E-state index contributed by atoms with van der Waals surface area (Å²) < 4.78 is 43.8. The molecule has 0 spiro atoms. The molecule has 1 aromatic heterocycles. The summed E-state index contributed by atoms with van der Waals surface area (Å²) in [7, 11) is 0.519. The summed E-state index contributed by atoms with van der Waals surface area (Å²) in [6.07, 6.45) is 0. The van der Waals surface area contributed by atoms with Gasteiger partial charge in [0, 0.05) is 37.6 Å². The minimum atomic E-state index is -3.78. The Labute approximate surface area is 229 Å². The van der Waals surface area contributed by atoms with Crippen LogP contribution in [0.2, 0.25) is 0 Å². The van der Waals surface area contributed by atoms with Gasteiger partial charge in [-0.15, -0.1) is 0 Å². The first kappa shape index (κ1) is 28.5. The highest BCUT2D eigenvalue weighted by Crippen LogP contribution is 2.31. The summed E-state index contributed by atoms with van der Waals surface area (Å²) >= 11 is 0. The van der Waals surface area contributed by atoms with E-state index in [1.54, 1.807) is 12.1 Å². The van der Waals surface area contributed by atoms with Crippen LogP contribution in [0.25, 0.3) is 10.9 Å². The molecule has 210 valence electrons. The van der Waals surface area contributed by atoms with Gasteiger partial charge >= 0.3 is 5.97 Å². The summed E-state index contributed by atoms with van der Waals surface area (Å²) in [6.45, 7) is 5.92. The number of esters is 1. The lowest BCUT2D eigenvalue weighted by Gasteiger charge is -2.33. The summed E-state index contributed by atoms with van der Waals surface area (Å²) in [4.78, 5) is 24.1. The minimum absolute atomic E-state index is 0.0205. The van der Waals surface area contributed by atoms with Gasteiger partial charge in [-0.2, -0.15) is 4.31 Å². The molecule has 0 radical (unpaired) electrons. The normalized spacial score (nSPS) is 15.7. The smallest absolute Gasteiger partial charge is 0.328 e. The number of carbonyl (C=O) groups excluding carboxylic acids is 1. The Hall–Kier alpha value is -3.48. The average Bonchev–Trinajstić information content (AvgIpc) is 2.95. The number of sulfonamides is 1. The van der Waals surface area contributed by atoms with Crippen molar-refractivity contribution in [2.24, 2.45) is 5.92 Å². The fraction of sp³-hybridized carbons (Fsp3) is 0.444. The molecule has 0 bridgehead atoms. The van der Waals surface area contributed by atoms with Gasteiger partial charge in [-0.25, -0.2) is 23.2 Å². The largest absolute Gasteiger partial charge is 0.497 e. The predicted octanol–water partition coefficient (Wildman–Crippen LogP) is 2.76. The molecular weight excluding hydrogens is 522 g/mol. The molecule has 1 atom stereocenters. The van der Waals surface area contributed by atoms with E-state index < -0.39 is 16.1 Å². The monoisotopic (exact) mass is 557 g/mol. The van der Waals surface area contributed by atoms with Gasteiger partial charge in [-0.1, -0.05) is 26.0 Å². The van der Waals surface area contributed by atoms with Crippen LogP contribution in [-0.4, -0.2) is 87.1 Å². The van der Waals surface area contributed by atoms with Crippen molar-refractivity contribution in [2.45, 2.75) is 31.3 Å². The highest BCUT2D eigenvalue weighted by Gasteiger charge is 2.32. The van der Waals surface area contributed by atoms with Crippen LogP contribution in [0.3, 0.4) is 0 Å². The summed E-state index contributed by atoms with van der Waals surface area (Å²) in [5.74, 6) is 1.47. The number of nitrogens with zero attached hydrogens (tertiary/aromatic N) is 4. The van der Waals surface area contributed by atoms with Crippen molar-refractivity contribution in [3.8, 4) is 11.5 Å². The molecule has 0 saturated carbocycles. The van der Waals surface area contributed by atoms with E-state index in [9.17, 15) is 13.2 Å². The molecule has 4 rings (SSSR count). The number of benzene rings is 2. The van der Waals surface area contributed by atoms with Gasteiger partial charge in [0.15, 0.2) is 0 Å². The van der Waals surface area contributed by atoms with E-state index in [1.807, 2.05) is 38.1 Å². The van der Waals surface area contributed by atoms with Crippen molar-refractivity contribution < 1.29 is 27.4 Å². The predicted molar refractivity (Wildman–Crippen MR) is 147 cm³/mol. The fourth-order valence-electron chi connectivity index (χ4n) is 4.53. The Kier molecular flexibility index (Phi) is 8.88. The first-order valence-electron chi connectivity index (χ1n) is 12.7. The number of anilines is 1. The van der Waals surface area contributed by atoms with Crippen molar-refractivity contribution in [3.05, 3.63) is 48.3 Å². The highest BCUT2D eigenvalue weighted by atomic mass is 32.2. The van der Waals surface area contributed by atoms with E-state index in [4.69, 9.17) is 24.2 Å². The zero-order valence-corrected chi connectivity index (χ0v) is 23.7. The van der Waals surface area contributed by atoms with Crippen LogP contribution in [0.1, 0.15) is 19.7 Å². The number of aromatic nitrogens is 2. The molecule has 0 aliphatic carbocycles. The Morgan fingerprint density at radius 1 is 1.00 bits per heavy atom. The van der Waals surface area contributed by atoms with Gasteiger partial charge in [0.1, 0.15) is 34.1 Å². The number of methoxy groups -OCH3 is 3. The summed E-state index contributed by atoms with van der Waals surface area (Å²) in [5.41, 5.74) is 0.753. The molecule has 11 nitrogen and oxygen atoms in total. The number of para-hydroxylation sites is 1. The topological polar surface area (TPSA) is 123 Å². The number of hydrogen-bond acceptors (Lipinski definition) is 10. The van der Waals surface area contributed by atoms with Crippen LogP contribution in [0.5, 0.6) is 11.5 Å². The van der Waals surface area contributed by atoms with E-state index in [0.29, 0.717) is 50.1 Å². The van der Waals surface area contributed by atoms with Gasteiger partial charge in [0.05, 0.1) is 33.4 Å². The number of nitrogens with one attached hydrogen (secondary N) is 1. The van der Waals surface area contributed by atoms with Crippen molar-refractivity contribution in [1.29, 1.82) is 0 Å². The molecule has 1 saturated heterocycles. The number of ether oxygens (including phenoxy) is 3. The second kappa shape index (κ2) is 12.1. The van der Waals surface area contributed by atoms with Crippen LogP contribution in [0.15, 0.2) is 47.4 Å². The number of fused-ring (bicyclic) bond motifs is 1. The van der Waals surface area contributed by atoms with Gasteiger partial charge in [-0.3, -0.25) is 4.90 Å². The standard InChI is InChI=1S/C27H35N5O6S/c1-18(2)25(27(33)38-5)30-26-20-8-6-7-9-21(20)28-24(29-26)17-31-12-14-32(15-13-31)39(34,35)23-16-19(36-3)10-11-22(23)37-4/h6-11,16,18,25H,12-15,17H2,1-5H3,(H,28,29,30)/t25-/m0/s1. The van der Waals surface area contributed by atoms with Gasteiger partial charge in [0.2, 0.25) is 10.0 Å². The van der Waals surface area contributed by atoms with Crippen molar-refractivity contribution in [1.82, 2.24) is 19.2 Å². The lowest BCUT2D eigenvalue weighted by atomic mass is 10.0. The molecule has 2 aromatic carbocycles. The van der Waals surface area contributed by atoms with Gasteiger partial charge < -0.3 is 19.5 Å². The Balaban J connectivity index is 1.52. The fourth-order valence-corrected chi connectivity index (χ4v) is 6.12. The van der Waals surface area contributed by atoms with Crippen molar-refractivity contribution in [2.75, 3.05) is 52.8 Å². The Morgan fingerprint density at radius 2 is 1.72 bits per heavy atom. The highest BCUT2D eigenvalue weighted by molar-refractivity contribution is 7.89. The molecule has 3 aromatic rings. The van der Waals surface area contributed by atoms with Gasteiger partial charge in [0.25, 0.3) is 0 Å². The van der Waals surface area contributed by atoms with Crippen LogP contribution in [0, 0.1) is 5.92 Å². The number of piperazine rings is 1. The lowest BCUT2D eigenvalue weighted by Crippen LogP contribution is -2.48. The maximum atomic E-state index is 13.4. The third kappa shape index (κ3) is 6.23. The van der Waals surface area contributed by atoms with Crippen LogP contribution >= 0.6 is 0 Å². The first-order chi connectivity index (χ1) is 18.7. The van der Waals surface area contributed by atoms with E-state index in [1.165, 1.54) is 31.7 Å². The van der Waals surface area contributed by atoms with Crippen LogP contribution in [-0.2, 0) is 26.1 Å². The summed E-state index contributed by atoms with van der Waals surface area (Å²) in [6, 6.07) is 11.8. The molecule has 0 unspecified atom stereocenters. The third-order valence-electron chi connectivity index (χ3n) is 6.75. The maximum absolute atomic E-state index is 13.4. The average molecular weight is 558 g/mol. The zero-order chi connectivity index (χ0) is 28.2. The molecule has 0 amide bonds. The quantitative estimate of drug-likeness (QED) is 0.372. The molecule has 12 heteroatoms. The van der Waals surface area contributed by atoms with E-state index >= 15 is 0 Å². The molecule has 1 N–H and O–H groups in total. The molecule has 1 fully saturated rings. The van der Waals surface area contributed by atoms with Crippen molar-refractivity contribution >= 4 is 32.7 Å². The number of rotatable bonds is 10. The SMILES string of the molecule is COC(=O)[C@@H](Nc1nc(CN2CCN(S(=O)(=O)c3cc(OC)ccc3OC)CC2)nc2ccccc12)C(C)C. The van der Waals surface area contributed by atoms with Crippen LogP contribution in [0.4, 0.5) is 5.82 Å². The Morgan fingerprint density at radius 3 is 2.36 bits per heavy atom. The molecule has 1 aliphatic heterocycles. The number of carbonyl (C=O) groups is 1. The van der Waals surface area contributed by atoms with E-state index in [0.717, 1.165) is 10.9 Å². The zero-order valence-electron chi connectivity index (χ0n) is 22.9. The summed E-state index contributed by atoms with van der Waals surface area (Å²) in [5, 5.41) is 4.07. The number of hydrogen-bond donors (Lipinski definition) is 1. The molecule has 39 heavy (non-hydrogen) atoms. The van der Waals surface area contributed by atoms with Gasteiger partial charge in [-0.05, 0) is 30.2 Å². The van der Waals surface area contributed by atoms with E-state index in [2.05, 4.69) is 10.2 Å². The maximum Gasteiger partial charge on any atom is 0.328 e. The minimum Gasteiger partial charge on any atom is -0.497 e. The molecule has 1 aliphatic rings. The lowest BCUT2D eigenvalue weighted by molar-refractivity contribution is -0.142. The van der Waals surface area contributed by atoms with E-state index in [-0.39, 0.29) is 22.5 Å². The Bertz CT molecular complexity index is 1420. The van der Waals surface area contributed by atoms with Crippen molar-refractivity contribution in [3.63, 3.8) is 0 Å². The second-order valence-corrected chi connectivity index (χ2v) is 11.5. The molecule has 2 heterocycles. The first-order valence-corrected chi connectivity index (χ1v) is 14.2.